The Morgan fingerprint density at radius 3 is 2.86 bits per heavy atom. The van der Waals surface area contributed by atoms with Gasteiger partial charge in [-0.2, -0.15) is 5.10 Å². The van der Waals surface area contributed by atoms with Crippen molar-refractivity contribution in [1.82, 2.24) is 10.2 Å². The Labute approximate surface area is 85.7 Å². The monoisotopic (exact) mass is 210 g/mol. The van der Waals surface area contributed by atoms with Crippen molar-refractivity contribution in [2.45, 2.75) is 6.92 Å². The molecule has 72 valence electrons. The third-order valence-corrected chi connectivity index (χ3v) is 2.36. The van der Waals surface area contributed by atoms with E-state index < -0.39 is 0 Å². The fourth-order valence-corrected chi connectivity index (χ4v) is 1.52. The van der Waals surface area contributed by atoms with E-state index >= 15 is 0 Å². The minimum atomic E-state index is -0.307. The van der Waals surface area contributed by atoms with E-state index in [1.807, 2.05) is 6.92 Å². The van der Waals surface area contributed by atoms with Crippen molar-refractivity contribution in [3.05, 3.63) is 40.8 Å². The second-order valence-corrected chi connectivity index (χ2v) is 3.46. The lowest BCUT2D eigenvalue weighted by molar-refractivity contribution is 0.628. The Hall–Kier alpha value is -1.35. The molecular formula is C10H8ClFN2. The van der Waals surface area contributed by atoms with E-state index in [1.54, 1.807) is 6.20 Å². The predicted octanol–water partition coefficient (Wildman–Crippen LogP) is 3.18. The molecular weight excluding hydrogens is 203 g/mol. The molecule has 0 saturated carbocycles. The van der Waals surface area contributed by atoms with Crippen LogP contribution in [0.15, 0.2) is 24.4 Å². The van der Waals surface area contributed by atoms with Crippen LogP contribution in [0.1, 0.15) is 5.56 Å². The van der Waals surface area contributed by atoms with Gasteiger partial charge in [-0.15, -0.1) is 0 Å². The molecule has 0 spiro atoms. The van der Waals surface area contributed by atoms with Gasteiger partial charge in [0, 0.05) is 5.56 Å². The van der Waals surface area contributed by atoms with Crippen LogP contribution in [0.3, 0.4) is 0 Å². The van der Waals surface area contributed by atoms with Crippen molar-refractivity contribution >= 4 is 11.6 Å². The molecule has 1 aromatic heterocycles. The van der Waals surface area contributed by atoms with Crippen molar-refractivity contribution in [3.8, 4) is 11.3 Å². The van der Waals surface area contributed by atoms with Crippen LogP contribution in [0.25, 0.3) is 11.3 Å². The smallest absolute Gasteiger partial charge is 0.123 e. The second-order valence-electron chi connectivity index (χ2n) is 3.05. The maximum Gasteiger partial charge on any atom is 0.123 e. The number of aromatic nitrogens is 2. The molecule has 0 fully saturated rings. The van der Waals surface area contributed by atoms with E-state index in [0.717, 1.165) is 11.3 Å². The third kappa shape index (κ3) is 1.51. The number of hydrogen-bond acceptors (Lipinski definition) is 1. The van der Waals surface area contributed by atoms with Gasteiger partial charge in [-0.25, -0.2) is 4.39 Å². The van der Waals surface area contributed by atoms with Crippen molar-refractivity contribution in [1.29, 1.82) is 0 Å². The van der Waals surface area contributed by atoms with Crippen LogP contribution >= 0.6 is 11.6 Å². The molecule has 14 heavy (non-hydrogen) atoms. The molecule has 0 saturated heterocycles. The molecule has 2 nitrogen and oxygen atoms in total. The highest BCUT2D eigenvalue weighted by molar-refractivity contribution is 6.33. The van der Waals surface area contributed by atoms with Gasteiger partial charge in [0.05, 0.1) is 16.9 Å². The van der Waals surface area contributed by atoms with Gasteiger partial charge < -0.3 is 0 Å². The van der Waals surface area contributed by atoms with Crippen LogP contribution in [-0.4, -0.2) is 10.2 Å². The third-order valence-electron chi connectivity index (χ3n) is 2.03. The van der Waals surface area contributed by atoms with Gasteiger partial charge in [0.25, 0.3) is 0 Å². The van der Waals surface area contributed by atoms with Crippen molar-refractivity contribution < 1.29 is 4.39 Å². The lowest BCUT2D eigenvalue weighted by Gasteiger charge is -2.02. The maximum atomic E-state index is 13.0. The summed E-state index contributed by atoms with van der Waals surface area (Å²) in [5.74, 6) is -0.307. The first-order valence-electron chi connectivity index (χ1n) is 4.14. The average molecular weight is 211 g/mol. The van der Waals surface area contributed by atoms with Crippen LogP contribution in [0.4, 0.5) is 4.39 Å². The molecule has 0 aliphatic carbocycles. The highest BCUT2D eigenvalue weighted by atomic mass is 35.5. The molecule has 0 amide bonds. The van der Waals surface area contributed by atoms with Crippen molar-refractivity contribution in [3.63, 3.8) is 0 Å². The van der Waals surface area contributed by atoms with Gasteiger partial charge in [-0.3, -0.25) is 5.10 Å². The minimum absolute atomic E-state index is 0.307. The van der Waals surface area contributed by atoms with E-state index in [9.17, 15) is 4.39 Å². The first-order valence-corrected chi connectivity index (χ1v) is 4.51. The Morgan fingerprint density at radius 1 is 1.43 bits per heavy atom. The molecule has 4 heteroatoms. The van der Waals surface area contributed by atoms with E-state index in [2.05, 4.69) is 10.2 Å². The number of benzene rings is 1. The van der Waals surface area contributed by atoms with E-state index in [0.29, 0.717) is 10.6 Å². The molecule has 1 aromatic carbocycles. The normalized spacial score (nSPS) is 10.5. The summed E-state index contributed by atoms with van der Waals surface area (Å²) in [6.07, 6.45) is 1.68. The number of aryl methyl sites for hydroxylation is 1. The summed E-state index contributed by atoms with van der Waals surface area (Å²) >= 11 is 5.95. The lowest BCUT2D eigenvalue weighted by Crippen LogP contribution is -1.84. The van der Waals surface area contributed by atoms with Gasteiger partial charge in [0.15, 0.2) is 0 Å². The predicted molar refractivity (Wildman–Crippen MR) is 53.7 cm³/mol. The van der Waals surface area contributed by atoms with E-state index in [1.165, 1.54) is 18.2 Å². The van der Waals surface area contributed by atoms with Gasteiger partial charge in [0.2, 0.25) is 0 Å². The number of rotatable bonds is 1. The van der Waals surface area contributed by atoms with Crippen LogP contribution in [0.2, 0.25) is 5.02 Å². The molecule has 2 aromatic rings. The second kappa shape index (κ2) is 3.42. The number of H-pyrrole nitrogens is 1. The van der Waals surface area contributed by atoms with Gasteiger partial charge in [-0.05, 0) is 30.7 Å². The van der Waals surface area contributed by atoms with Gasteiger partial charge in [-0.1, -0.05) is 11.6 Å². The van der Waals surface area contributed by atoms with E-state index in [4.69, 9.17) is 11.6 Å². The number of nitrogens with zero attached hydrogens (tertiary/aromatic N) is 1. The average Bonchev–Trinajstić information content (AvgIpc) is 2.56. The molecule has 1 heterocycles. The highest BCUT2D eigenvalue weighted by Gasteiger charge is 2.08. The Kier molecular flexibility index (Phi) is 2.25. The number of nitrogens with one attached hydrogen (secondary N) is 1. The summed E-state index contributed by atoms with van der Waals surface area (Å²) in [4.78, 5) is 0. The Morgan fingerprint density at radius 2 is 2.21 bits per heavy atom. The zero-order valence-electron chi connectivity index (χ0n) is 7.51. The first-order chi connectivity index (χ1) is 6.68. The van der Waals surface area contributed by atoms with Gasteiger partial charge in [0.1, 0.15) is 5.82 Å². The number of hydrogen-bond donors (Lipinski definition) is 1. The SMILES string of the molecule is Cc1cn[nH]c1-c1cc(F)ccc1Cl. The molecule has 1 N–H and O–H groups in total. The summed E-state index contributed by atoms with van der Waals surface area (Å²) in [6, 6.07) is 4.26. The largest absolute Gasteiger partial charge is 0.278 e. The fourth-order valence-electron chi connectivity index (χ4n) is 1.31. The molecule has 0 unspecified atom stereocenters. The number of halogens is 2. The highest BCUT2D eigenvalue weighted by Crippen LogP contribution is 2.28. The Bertz CT molecular complexity index is 465. The zero-order valence-corrected chi connectivity index (χ0v) is 8.27. The summed E-state index contributed by atoms with van der Waals surface area (Å²) < 4.78 is 13.0. The standard InChI is InChI=1S/C10H8ClFN2/c1-6-5-13-14-10(6)8-4-7(12)2-3-9(8)11/h2-5H,1H3,(H,13,14). The first kappa shape index (κ1) is 9.21. The van der Waals surface area contributed by atoms with Crippen LogP contribution < -0.4 is 0 Å². The van der Waals surface area contributed by atoms with E-state index in [-0.39, 0.29) is 5.82 Å². The van der Waals surface area contributed by atoms with Crippen LogP contribution in [0.5, 0.6) is 0 Å². The fraction of sp³-hybridized carbons (Fsp3) is 0.100. The summed E-state index contributed by atoms with van der Waals surface area (Å²) in [6.45, 7) is 1.89. The van der Waals surface area contributed by atoms with Crippen LogP contribution in [0, 0.1) is 12.7 Å². The minimum Gasteiger partial charge on any atom is -0.278 e. The summed E-state index contributed by atoms with van der Waals surface area (Å²) in [5, 5.41) is 7.16. The van der Waals surface area contributed by atoms with Crippen LogP contribution in [-0.2, 0) is 0 Å². The van der Waals surface area contributed by atoms with Crippen molar-refractivity contribution in [2.24, 2.45) is 0 Å². The molecule has 0 aliphatic heterocycles. The maximum absolute atomic E-state index is 13.0. The molecule has 0 bridgehead atoms. The molecule has 2 rings (SSSR count). The summed E-state index contributed by atoms with van der Waals surface area (Å²) in [7, 11) is 0. The molecule has 0 atom stereocenters. The molecule has 0 aliphatic rings. The molecule has 0 radical (unpaired) electrons. The topological polar surface area (TPSA) is 28.7 Å². The number of aromatic amines is 1. The Balaban J connectivity index is 2.62. The summed E-state index contributed by atoms with van der Waals surface area (Å²) in [5.41, 5.74) is 2.34. The van der Waals surface area contributed by atoms with Gasteiger partial charge >= 0.3 is 0 Å². The lowest BCUT2D eigenvalue weighted by atomic mass is 10.1. The zero-order chi connectivity index (χ0) is 10.1. The van der Waals surface area contributed by atoms with Crippen molar-refractivity contribution in [2.75, 3.05) is 0 Å². The quantitative estimate of drug-likeness (QED) is 0.770.